The predicted molar refractivity (Wildman–Crippen MR) is 91.1 cm³/mol. The standard InChI is InChI=1S/C20H32O/c1-7-14(2)8-10-16-15(3)9-11-17-19(4,5)18(21)12-13-20(16,17)6/h7-8,16-18,21H,1,3,9-13H2,2,4-6H3/b14-8+/t16-,17+,18-,20+/m0/s1. The average molecular weight is 288 g/mol. The Morgan fingerprint density at radius 1 is 1.33 bits per heavy atom. The van der Waals surface area contributed by atoms with Crippen molar-refractivity contribution in [3.8, 4) is 0 Å². The normalized spacial score (nSPS) is 39.8. The average Bonchev–Trinajstić information content (AvgIpc) is 2.42. The van der Waals surface area contributed by atoms with Crippen LogP contribution in [0.25, 0.3) is 0 Å². The van der Waals surface area contributed by atoms with Gasteiger partial charge in [-0.1, -0.05) is 57.2 Å². The minimum atomic E-state index is -0.159. The highest BCUT2D eigenvalue weighted by atomic mass is 16.3. The molecule has 0 heterocycles. The van der Waals surface area contributed by atoms with Crippen molar-refractivity contribution >= 4 is 0 Å². The van der Waals surface area contributed by atoms with Gasteiger partial charge in [0.25, 0.3) is 0 Å². The second-order valence-corrected chi connectivity index (χ2v) is 8.07. The summed E-state index contributed by atoms with van der Waals surface area (Å²) in [5, 5.41) is 10.5. The van der Waals surface area contributed by atoms with Crippen molar-refractivity contribution in [2.75, 3.05) is 0 Å². The Morgan fingerprint density at radius 2 is 2.00 bits per heavy atom. The van der Waals surface area contributed by atoms with Crippen LogP contribution in [0.1, 0.15) is 59.8 Å². The second kappa shape index (κ2) is 5.76. The van der Waals surface area contributed by atoms with E-state index in [-0.39, 0.29) is 16.9 Å². The van der Waals surface area contributed by atoms with E-state index < -0.39 is 0 Å². The smallest absolute Gasteiger partial charge is 0.0594 e. The first-order valence-corrected chi connectivity index (χ1v) is 8.38. The number of aliphatic hydroxyl groups is 1. The first-order chi connectivity index (χ1) is 9.73. The molecule has 2 rings (SSSR count). The van der Waals surface area contributed by atoms with Crippen LogP contribution in [0.3, 0.4) is 0 Å². The van der Waals surface area contributed by atoms with E-state index >= 15 is 0 Å². The molecule has 0 radical (unpaired) electrons. The van der Waals surface area contributed by atoms with Crippen LogP contribution in [0.5, 0.6) is 0 Å². The van der Waals surface area contributed by atoms with Gasteiger partial charge in [0.1, 0.15) is 0 Å². The lowest BCUT2D eigenvalue weighted by atomic mass is 9.46. The fourth-order valence-corrected chi connectivity index (χ4v) is 4.99. The van der Waals surface area contributed by atoms with E-state index in [1.165, 1.54) is 17.6 Å². The summed E-state index contributed by atoms with van der Waals surface area (Å²) in [6.07, 6.45) is 9.49. The van der Waals surface area contributed by atoms with E-state index in [1.807, 2.05) is 6.08 Å². The van der Waals surface area contributed by atoms with Gasteiger partial charge in [0.15, 0.2) is 0 Å². The van der Waals surface area contributed by atoms with Crippen molar-refractivity contribution in [3.63, 3.8) is 0 Å². The minimum Gasteiger partial charge on any atom is -0.393 e. The Bertz CT molecular complexity index is 456. The van der Waals surface area contributed by atoms with Crippen LogP contribution < -0.4 is 0 Å². The number of rotatable bonds is 3. The molecule has 4 atom stereocenters. The molecule has 1 heteroatoms. The molecule has 0 unspecified atom stereocenters. The topological polar surface area (TPSA) is 20.2 Å². The summed E-state index contributed by atoms with van der Waals surface area (Å²) in [5.74, 6) is 1.12. The SMILES string of the molecule is C=C/C(C)=C/C[C@H]1C(=C)CC[C@@H]2C(C)(C)[C@@H](O)CC[C@@]21C. The second-order valence-electron chi connectivity index (χ2n) is 8.07. The zero-order valence-electron chi connectivity index (χ0n) is 14.3. The van der Waals surface area contributed by atoms with Gasteiger partial charge in [0.2, 0.25) is 0 Å². The van der Waals surface area contributed by atoms with Gasteiger partial charge in [-0.3, -0.25) is 0 Å². The third-order valence-electron chi connectivity index (χ3n) is 6.55. The van der Waals surface area contributed by atoms with Crippen molar-refractivity contribution in [1.29, 1.82) is 0 Å². The van der Waals surface area contributed by atoms with E-state index in [4.69, 9.17) is 0 Å². The Labute approximate surface area is 130 Å². The molecular weight excluding hydrogens is 256 g/mol. The van der Waals surface area contributed by atoms with Crippen molar-refractivity contribution in [2.24, 2.45) is 22.7 Å². The fourth-order valence-electron chi connectivity index (χ4n) is 4.99. The van der Waals surface area contributed by atoms with Gasteiger partial charge in [-0.25, -0.2) is 0 Å². The first-order valence-electron chi connectivity index (χ1n) is 8.38. The van der Waals surface area contributed by atoms with Gasteiger partial charge in [-0.05, 0) is 61.7 Å². The molecule has 0 spiro atoms. The molecule has 118 valence electrons. The van der Waals surface area contributed by atoms with Crippen LogP contribution >= 0.6 is 0 Å². The monoisotopic (exact) mass is 288 g/mol. The van der Waals surface area contributed by atoms with Crippen LogP contribution in [-0.2, 0) is 0 Å². The maximum atomic E-state index is 10.5. The molecule has 1 nitrogen and oxygen atoms in total. The van der Waals surface area contributed by atoms with Crippen molar-refractivity contribution in [3.05, 3.63) is 36.5 Å². The van der Waals surface area contributed by atoms with Gasteiger partial charge in [-0.2, -0.15) is 0 Å². The van der Waals surface area contributed by atoms with Crippen LogP contribution in [0.15, 0.2) is 36.5 Å². The molecule has 0 aromatic rings. The van der Waals surface area contributed by atoms with E-state index in [9.17, 15) is 5.11 Å². The predicted octanol–water partition coefficient (Wildman–Crippen LogP) is 5.28. The molecule has 0 saturated heterocycles. The highest BCUT2D eigenvalue weighted by molar-refractivity contribution is 5.20. The molecule has 2 fully saturated rings. The highest BCUT2D eigenvalue weighted by Crippen LogP contribution is 2.61. The zero-order valence-corrected chi connectivity index (χ0v) is 14.3. The molecule has 2 saturated carbocycles. The first kappa shape index (κ1) is 16.5. The molecule has 1 N–H and O–H groups in total. The summed E-state index contributed by atoms with van der Waals surface area (Å²) < 4.78 is 0. The van der Waals surface area contributed by atoms with Crippen LogP contribution in [-0.4, -0.2) is 11.2 Å². The number of aliphatic hydroxyl groups excluding tert-OH is 1. The summed E-state index contributed by atoms with van der Waals surface area (Å²) in [6.45, 7) is 17.3. The summed E-state index contributed by atoms with van der Waals surface area (Å²) in [4.78, 5) is 0. The summed E-state index contributed by atoms with van der Waals surface area (Å²) in [5.41, 5.74) is 2.96. The van der Waals surface area contributed by atoms with Crippen molar-refractivity contribution in [1.82, 2.24) is 0 Å². The van der Waals surface area contributed by atoms with Gasteiger partial charge in [-0.15, -0.1) is 0 Å². The Morgan fingerprint density at radius 3 is 2.62 bits per heavy atom. The van der Waals surface area contributed by atoms with Crippen molar-refractivity contribution < 1.29 is 5.11 Å². The van der Waals surface area contributed by atoms with E-state index in [0.717, 1.165) is 25.7 Å². The zero-order chi connectivity index (χ0) is 15.8. The van der Waals surface area contributed by atoms with Gasteiger partial charge in [0, 0.05) is 0 Å². The van der Waals surface area contributed by atoms with Crippen LogP contribution in [0, 0.1) is 22.7 Å². The molecule has 2 aliphatic carbocycles. The number of allylic oxidation sites excluding steroid dienone is 4. The fraction of sp³-hybridized carbons (Fsp3) is 0.700. The van der Waals surface area contributed by atoms with E-state index in [1.54, 1.807) is 0 Å². The summed E-state index contributed by atoms with van der Waals surface area (Å²) in [7, 11) is 0. The Hall–Kier alpha value is -0.820. The van der Waals surface area contributed by atoms with Gasteiger partial charge >= 0.3 is 0 Å². The maximum absolute atomic E-state index is 10.5. The van der Waals surface area contributed by atoms with Crippen LogP contribution in [0.2, 0.25) is 0 Å². The quantitative estimate of drug-likeness (QED) is 0.553. The lowest BCUT2D eigenvalue weighted by molar-refractivity contribution is -0.123. The number of fused-ring (bicyclic) bond motifs is 1. The molecule has 2 aliphatic rings. The minimum absolute atomic E-state index is 0.0170. The van der Waals surface area contributed by atoms with Gasteiger partial charge < -0.3 is 5.11 Å². The molecule has 21 heavy (non-hydrogen) atoms. The van der Waals surface area contributed by atoms with E-state index in [0.29, 0.717) is 11.8 Å². The van der Waals surface area contributed by atoms with Gasteiger partial charge in [0.05, 0.1) is 6.10 Å². The molecule has 0 bridgehead atoms. The molecule has 0 aliphatic heterocycles. The Balaban J connectivity index is 2.32. The largest absolute Gasteiger partial charge is 0.393 e. The Kier molecular flexibility index (Phi) is 4.54. The van der Waals surface area contributed by atoms with Crippen LogP contribution in [0.4, 0.5) is 0 Å². The van der Waals surface area contributed by atoms with E-state index in [2.05, 4.69) is 46.9 Å². The lowest BCUT2D eigenvalue weighted by Crippen LogP contribution is -2.54. The maximum Gasteiger partial charge on any atom is 0.0594 e. The summed E-state index contributed by atoms with van der Waals surface area (Å²) >= 11 is 0. The number of hydrogen-bond donors (Lipinski definition) is 1. The molecule has 0 amide bonds. The summed E-state index contributed by atoms with van der Waals surface area (Å²) in [6, 6.07) is 0. The molecule has 0 aromatic carbocycles. The third kappa shape index (κ3) is 2.77. The molecule has 0 aromatic heterocycles. The highest BCUT2D eigenvalue weighted by Gasteiger charge is 2.55. The lowest BCUT2D eigenvalue weighted by Gasteiger charge is -2.59. The third-order valence-corrected chi connectivity index (χ3v) is 6.55. The number of hydrogen-bond acceptors (Lipinski definition) is 1. The van der Waals surface area contributed by atoms with Crippen molar-refractivity contribution in [2.45, 2.75) is 65.9 Å². The molecular formula is C20H32O.